The van der Waals surface area contributed by atoms with Gasteiger partial charge in [-0.05, 0) is 38.2 Å². The Morgan fingerprint density at radius 3 is 1.40 bits per heavy atom. The number of hydrogen-bond acceptors (Lipinski definition) is 11. The second-order valence-electron chi connectivity index (χ2n) is 13.7. The second kappa shape index (κ2) is 19.6. The summed E-state index contributed by atoms with van der Waals surface area (Å²) in [6, 6.07) is 7.53. The number of aldehydes is 1. The van der Waals surface area contributed by atoms with Crippen LogP contribution in [0.2, 0.25) is 0 Å². The van der Waals surface area contributed by atoms with Gasteiger partial charge in [-0.1, -0.05) is 52.0 Å². The molecule has 0 saturated carbocycles. The Kier molecular flexibility index (Phi) is 16.7. The van der Waals surface area contributed by atoms with Gasteiger partial charge in [-0.25, -0.2) is 0 Å². The molecule has 1 aromatic carbocycles. The molecule has 11 heteroatoms. The number of esters is 3. The van der Waals surface area contributed by atoms with Crippen LogP contribution in [-0.4, -0.2) is 135 Å². The number of carbonyl (C=O) groups is 4. The first kappa shape index (κ1) is 38.3. The molecule has 0 amide bonds. The summed E-state index contributed by atoms with van der Waals surface area (Å²) >= 11 is 0. The third-order valence-corrected chi connectivity index (χ3v) is 7.09. The zero-order chi connectivity index (χ0) is 33.4. The summed E-state index contributed by atoms with van der Waals surface area (Å²) in [7, 11) is 0. The zero-order valence-electron chi connectivity index (χ0n) is 28.6. The molecule has 1 aliphatic heterocycles. The molecule has 0 bridgehead atoms. The minimum absolute atomic E-state index is 0.127. The maximum atomic E-state index is 12.8. The van der Waals surface area contributed by atoms with Crippen molar-refractivity contribution in [3.8, 4) is 0 Å². The van der Waals surface area contributed by atoms with Gasteiger partial charge in [-0.3, -0.25) is 38.8 Å². The molecule has 1 saturated heterocycles. The van der Waals surface area contributed by atoms with Gasteiger partial charge in [0.2, 0.25) is 0 Å². The van der Waals surface area contributed by atoms with Crippen molar-refractivity contribution in [3.05, 3.63) is 35.4 Å². The summed E-state index contributed by atoms with van der Waals surface area (Å²) in [4.78, 5) is 57.9. The predicted octanol–water partition coefficient (Wildman–Crippen LogP) is 2.96. The van der Waals surface area contributed by atoms with Crippen LogP contribution >= 0.6 is 0 Å². The third kappa shape index (κ3) is 17.4. The van der Waals surface area contributed by atoms with Crippen LogP contribution in [0.5, 0.6) is 0 Å². The quantitative estimate of drug-likeness (QED) is 0.182. The van der Waals surface area contributed by atoms with E-state index >= 15 is 0 Å². The van der Waals surface area contributed by atoms with Gasteiger partial charge in [0.1, 0.15) is 11.9 Å². The fourth-order valence-corrected chi connectivity index (χ4v) is 4.70. The van der Waals surface area contributed by atoms with Crippen LogP contribution in [0.1, 0.15) is 64.4 Å². The van der Waals surface area contributed by atoms with E-state index in [1.807, 2.05) is 77.6 Å². The first-order valence-corrected chi connectivity index (χ1v) is 16.2. The number of rotatable bonds is 13. The van der Waals surface area contributed by atoms with Gasteiger partial charge in [0.15, 0.2) is 0 Å². The van der Waals surface area contributed by atoms with Gasteiger partial charge >= 0.3 is 17.9 Å². The monoisotopic (exact) mass is 632 g/mol. The topological polar surface area (TPSA) is 109 Å². The number of nitrogens with zero attached hydrogens (tertiary/aromatic N) is 4. The van der Waals surface area contributed by atoms with Crippen LogP contribution in [0.15, 0.2) is 24.3 Å². The summed E-state index contributed by atoms with van der Waals surface area (Å²) < 4.78 is 16.6. The van der Waals surface area contributed by atoms with E-state index in [9.17, 15) is 19.2 Å². The minimum Gasteiger partial charge on any atom is -0.464 e. The Hall–Kier alpha value is -2.86. The van der Waals surface area contributed by atoms with E-state index in [1.54, 1.807) is 0 Å². The molecule has 0 aromatic heterocycles. The molecule has 1 fully saturated rings. The zero-order valence-corrected chi connectivity index (χ0v) is 28.6. The Bertz CT molecular complexity index is 1060. The molecule has 45 heavy (non-hydrogen) atoms. The minimum atomic E-state index is -0.588. The molecule has 0 spiro atoms. The smallest absolute Gasteiger partial charge is 0.320 e. The van der Waals surface area contributed by atoms with Gasteiger partial charge in [0, 0.05) is 64.5 Å². The Morgan fingerprint density at radius 2 is 1.04 bits per heavy atom. The van der Waals surface area contributed by atoms with Crippen molar-refractivity contribution < 1.29 is 33.4 Å². The number of benzene rings is 1. The molecule has 0 aliphatic carbocycles. The fraction of sp³-hybridized carbons (Fsp3) is 0.706. The van der Waals surface area contributed by atoms with Gasteiger partial charge in [0.25, 0.3) is 0 Å². The van der Waals surface area contributed by atoms with Crippen molar-refractivity contribution in [2.24, 2.45) is 11.8 Å². The molecule has 11 nitrogen and oxygen atoms in total. The van der Waals surface area contributed by atoms with Gasteiger partial charge < -0.3 is 14.2 Å². The van der Waals surface area contributed by atoms with Crippen molar-refractivity contribution in [2.45, 2.75) is 60.6 Å². The van der Waals surface area contributed by atoms with E-state index in [1.165, 1.54) is 0 Å². The van der Waals surface area contributed by atoms with Crippen molar-refractivity contribution in [1.29, 1.82) is 0 Å². The fourth-order valence-electron chi connectivity index (χ4n) is 4.70. The highest BCUT2D eigenvalue weighted by Crippen LogP contribution is 2.11. The lowest BCUT2D eigenvalue weighted by Gasteiger charge is -2.34. The summed E-state index contributed by atoms with van der Waals surface area (Å²) in [6.45, 7) is 20.1. The molecular formula is C34H56N4O7. The summed E-state index contributed by atoms with van der Waals surface area (Å²) in [5.41, 5.74) is 1.11. The van der Waals surface area contributed by atoms with Crippen LogP contribution in [0.3, 0.4) is 0 Å². The van der Waals surface area contributed by atoms with E-state index in [0.717, 1.165) is 11.8 Å². The lowest BCUT2D eigenvalue weighted by molar-refractivity contribution is -0.156. The maximum absolute atomic E-state index is 12.8. The van der Waals surface area contributed by atoms with Crippen molar-refractivity contribution in [1.82, 2.24) is 19.6 Å². The van der Waals surface area contributed by atoms with E-state index in [2.05, 4.69) is 14.7 Å². The molecule has 0 radical (unpaired) electrons. The van der Waals surface area contributed by atoms with E-state index < -0.39 is 5.60 Å². The maximum Gasteiger partial charge on any atom is 0.320 e. The molecule has 1 aliphatic rings. The highest BCUT2D eigenvalue weighted by atomic mass is 16.6. The second-order valence-corrected chi connectivity index (χ2v) is 13.7. The number of hydrogen-bond donors (Lipinski definition) is 0. The van der Waals surface area contributed by atoms with E-state index in [-0.39, 0.29) is 49.4 Å². The average molecular weight is 633 g/mol. The Balaban J connectivity index is 2.26. The van der Waals surface area contributed by atoms with Crippen molar-refractivity contribution in [3.63, 3.8) is 0 Å². The lowest BCUT2D eigenvalue weighted by Crippen LogP contribution is -2.49. The molecule has 1 aromatic rings. The van der Waals surface area contributed by atoms with Crippen molar-refractivity contribution >= 4 is 24.2 Å². The Labute approximate surface area is 270 Å². The van der Waals surface area contributed by atoms with Crippen LogP contribution in [0, 0.1) is 11.8 Å². The highest BCUT2D eigenvalue weighted by molar-refractivity contribution is 5.74. The van der Waals surface area contributed by atoms with Gasteiger partial charge in [-0.15, -0.1) is 0 Å². The molecule has 0 N–H and O–H groups in total. The van der Waals surface area contributed by atoms with Gasteiger partial charge in [0.05, 0.1) is 32.8 Å². The van der Waals surface area contributed by atoms with Crippen LogP contribution < -0.4 is 0 Å². The van der Waals surface area contributed by atoms with E-state index in [4.69, 9.17) is 14.2 Å². The largest absolute Gasteiger partial charge is 0.464 e. The molecular weight excluding hydrogens is 576 g/mol. The SMILES string of the molecule is CC(C)COC(=O)CN1CCN(CC(=O)OCC(C)C)CCN(Cc2ccc(C=O)cc2)CCN(CC(=O)OC(C)(C)C)CC1. The summed E-state index contributed by atoms with van der Waals surface area (Å²) in [5, 5.41) is 0. The lowest BCUT2D eigenvalue weighted by atomic mass is 10.1. The Morgan fingerprint density at radius 1 is 0.667 bits per heavy atom. The number of carbonyl (C=O) groups excluding carboxylic acids is 4. The molecule has 1 heterocycles. The summed E-state index contributed by atoms with van der Waals surface area (Å²) in [6.07, 6.45) is 0.831. The van der Waals surface area contributed by atoms with Crippen molar-refractivity contribution in [2.75, 3.05) is 85.2 Å². The van der Waals surface area contributed by atoms with Crippen LogP contribution in [0.4, 0.5) is 0 Å². The standard InChI is InChI=1S/C34H56N4O7/c1-27(2)25-43-31(40)21-36-14-12-35(20-29-8-10-30(24-39)11-9-29)13-15-38(23-33(42)45-34(5,6)7)19-18-37(17-16-36)22-32(41)44-26-28(3)4/h8-11,24,27-28H,12-23,25-26H2,1-7H3. The highest BCUT2D eigenvalue weighted by Gasteiger charge is 2.23. The molecule has 0 unspecified atom stereocenters. The van der Waals surface area contributed by atoms with Crippen LogP contribution in [0.25, 0.3) is 0 Å². The molecule has 0 atom stereocenters. The van der Waals surface area contributed by atoms with Crippen LogP contribution in [-0.2, 0) is 35.1 Å². The first-order valence-electron chi connectivity index (χ1n) is 16.2. The summed E-state index contributed by atoms with van der Waals surface area (Å²) in [5.74, 6) is -0.359. The molecule has 254 valence electrons. The number of ether oxygens (including phenoxy) is 3. The van der Waals surface area contributed by atoms with Gasteiger partial charge in [-0.2, -0.15) is 0 Å². The van der Waals surface area contributed by atoms with E-state index in [0.29, 0.717) is 77.7 Å². The third-order valence-electron chi connectivity index (χ3n) is 7.09. The first-order chi connectivity index (χ1) is 21.2. The molecule has 2 rings (SSSR count). The normalized spacial score (nSPS) is 17.0. The predicted molar refractivity (Wildman–Crippen MR) is 174 cm³/mol. The average Bonchev–Trinajstić information content (AvgIpc) is 2.95.